The minimum atomic E-state index is -6.17. The first-order valence-corrected chi connectivity index (χ1v) is 4.63. The molecule has 106 valence electrons. The van der Waals surface area contributed by atoms with E-state index in [1.165, 1.54) is 6.07 Å². The van der Waals surface area contributed by atoms with Crippen LogP contribution in [0.15, 0.2) is 30.3 Å². The summed E-state index contributed by atoms with van der Waals surface area (Å²) in [4.78, 5) is 10.6. The summed E-state index contributed by atoms with van der Waals surface area (Å²) in [7, 11) is 0. The number of hydrogen-bond acceptors (Lipinski definition) is 2. The van der Waals surface area contributed by atoms with Gasteiger partial charge in [-0.15, -0.1) is 0 Å². The Morgan fingerprint density at radius 2 is 1.37 bits per heavy atom. The number of carbonyl (C=O) groups is 1. The Hall–Kier alpha value is -1.93. The van der Waals surface area contributed by atoms with Crippen molar-refractivity contribution < 1.29 is 41.0 Å². The molecule has 0 heterocycles. The van der Waals surface area contributed by atoms with Crippen LogP contribution in [-0.2, 0) is 4.79 Å². The highest BCUT2D eigenvalue weighted by Gasteiger charge is 2.79. The predicted molar refractivity (Wildman–Crippen MR) is 49.5 cm³/mol. The number of rotatable bonds is 3. The van der Waals surface area contributed by atoms with Crippen molar-refractivity contribution in [3.63, 3.8) is 0 Å². The first-order valence-electron chi connectivity index (χ1n) is 4.63. The highest BCUT2D eigenvalue weighted by atomic mass is 19.4. The third-order valence-corrected chi connectivity index (χ3v) is 2.11. The summed E-state index contributed by atoms with van der Waals surface area (Å²) in [5, 5.41) is 8.39. The van der Waals surface area contributed by atoms with E-state index in [0.29, 0.717) is 0 Å². The molecule has 1 N–H and O–H groups in total. The molecule has 1 aromatic rings. The van der Waals surface area contributed by atoms with Crippen molar-refractivity contribution in [3.05, 3.63) is 30.3 Å². The number of carboxylic acid groups (broad SMARTS) is 1. The average Bonchev–Trinajstić information content (AvgIpc) is 2.23. The first-order chi connectivity index (χ1) is 8.52. The lowest BCUT2D eigenvalue weighted by Crippen LogP contribution is -2.66. The van der Waals surface area contributed by atoms with Crippen LogP contribution in [0.3, 0.4) is 0 Å². The van der Waals surface area contributed by atoms with E-state index in [0.717, 1.165) is 24.3 Å². The molecule has 0 saturated heterocycles. The summed E-state index contributed by atoms with van der Waals surface area (Å²) in [5.41, 5.74) is -5.30. The van der Waals surface area contributed by atoms with Crippen molar-refractivity contribution in [1.29, 1.82) is 0 Å². The zero-order chi connectivity index (χ0) is 14.9. The lowest BCUT2D eigenvalue weighted by Gasteiger charge is -2.33. The minimum Gasteiger partial charge on any atom is -0.478 e. The van der Waals surface area contributed by atoms with Crippen molar-refractivity contribution in [2.75, 3.05) is 0 Å². The third-order valence-electron chi connectivity index (χ3n) is 2.11. The molecule has 0 radical (unpaired) electrons. The molecule has 0 fully saturated rings. The zero-order valence-electron chi connectivity index (χ0n) is 8.92. The second kappa shape index (κ2) is 4.63. The molecule has 0 aromatic heterocycles. The molecule has 0 amide bonds. The number of benzene rings is 1. The largest absolute Gasteiger partial charge is 0.478 e. The second-order valence-corrected chi connectivity index (χ2v) is 3.40. The van der Waals surface area contributed by atoms with Gasteiger partial charge in [-0.2, -0.15) is 26.3 Å². The maximum Gasteiger partial charge on any atom is 0.449 e. The quantitative estimate of drug-likeness (QED) is 0.870. The summed E-state index contributed by atoms with van der Waals surface area (Å²) in [6.45, 7) is 0. The van der Waals surface area contributed by atoms with Crippen LogP contribution in [0.2, 0.25) is 0 Å². The molecule has 9 heteroatoms. The number of halogens is 6. The molecular weight excluding hydrogens is 282 g/mol. The van der Waals surface area contributed by atoms with Crippen LogP contribution in [0.4, 0.5) is 26.3 Å². The van der Waals surface area contributed by atoms with E-state index in [9.17, 15) is 31.1 Å². The van der Waals surface area contributed by atoms with Crippen molar-refractivity contribution >= 4 is 5.97 Å². The van der Waals surface area contributed by atoms with Gasteiger partial charge in [0.15, 0.2) is 0 Å². The van der Waals surface area contributed by atoms with Crippen molar-refractivity contribution in [1.82, 2.24) is 0 Å². The van der Waals surface area contributed by atoms with Gasteiger partial charge in [0.2, 0.25) is 0 Å². The highest BCUT2D eigenvalue weighted by molar-refractivity contribution is 5.80. The highest BCUT2D eigenvalue weighted by Crippen LogP contribution is 2.46. The first kappa shape index (κ1) is 15.1. The number of ether oxygens (including phenoxy) is 1. The second-order valence-electron chi connectivity index (χ2n) is 3.40. The lowest BCUT2D eigenvalue weighted by atomic mass is 10.0. The number of alkyl halides is 6. The van der Waals surface area contributed by atoms with Crippen LogP contribution in [0.1, 0.15) is 0 Å². The van der Waals surface area contributed by atoms with Gasteiger partial charge in [-0.25, -0.2) is 4.79 Å². The Kier molecular flexibility index (Phi) is 3.69. The molecule has 0 atom stereocenters. The standard InChI is InChI=1S/C10H6F6O3/c11-9(12,13)8(7(17)18,10(14,15)16)19-6-4-2-1-3-5-6/h1-5H,(H,17,18). The number of carboxylic acids is 1. The van der Waals surface area contributed by atoms with Gasteiger partial charge in [0.05, 0.1) is 0 Å². The van der Waals surface area contributed by atoms with Crippen molar-refractivity contribution in [2.24, 2.45) is 0 Å². The molecule has 0 aliphatic rings. The van der Waals surface area contributed by atoms with Crippen LogP contribution >= 0.6 is 0 Å². The van der Waals surface area contributed by atoms with Crippen LogP contribution in [0, 0.1) is 0 Å². The Labute approximate surface area is 102 Å². The molecule has 19 heavy (non-hydrogen) atoms. The number of para-hydroxylation sites is 1. The smallest absolute Gasteiger partial charge is 0.449 e. The van der Waals surface area contributed by atoms with Gasteiger partial charge in [0, 0.05) is 0 Å². The lowest BCUT2D eigenvalue weighted by molar-refractivity contribution is -0.345. The Balaban J connectivity index is 3.38. The Bertz CT molecular complexity index is 437. The molecule has 0 saturated carbocycles. The van der Waals surface area contributed by atoms with Gasteiger partial charge in [-0.05, 0) is 12.1 Å². The van der Waals surface area contributed by atoms with Gasteiger partial charge < -0.3 is 9.84 Å². The third kappa shape index (κ3) is 2.59. The molecule has 1 aromatic carbocycles. The van der Waals surface area contributed by atoms with Crippen LogP contribution in [-0.4, -0.2) is 29.0 Å². The summed E-state index contributed by atoms with van der Waals surface area (Å²) in [5.74, 6) is -4.05. The van der Waals surface area contributed by atoms with Gasteiger partial charge in [0.1, 0.15) is 5.75 Å². The molecule has 0 spiro atoms. The predicted octanol–water partition coefficient (Wildman–Crippen LogP) is 3.01. The zero-order valence-corrected chi connectivity index (χ0v) is 8.92. The van der Waals surface area contributed by atoms with E-state index in [4.69, 9.17) is 5.11 Å². The van der Waals surface area contributed by atoms with E-state index < -0.39 is 29.7 Å². The topological polar surface area (TPSA) is 46.5 Å². The normalized spacial score (nSPS) is 13.2. The van der Waals surface area contributed by atoms with Gasteiger partial charge in [0.25, 0.3) is 0 Å². The van der Waals surface area contributed by atoms with E-state index in [1.807, 2.05) is 0 Å². The van der Waals surface area contributed by atoms with E-state index >= 15 is 0 Å². The molecule has 3 nitrogen and oxygen atoms in total. The molecule has 0 bridgehead atoms. The van der Waals surface area contributed by atoms with E-state index in [-0.39, 0.29) is 0 Å². The van der Waals surface area contributed by atoms with Crippen molar-refractivity contribution in [3.8, 4) is 5.75 Å². The molecule has 0 unspecified atom stereocenters. The van der Waals surface area contributed by atoms with E-state index in [1.54, 1.807) is 0 Å². The minimum absolute atomic E-state index is 0.787. The molecular formula is C10H6F6O3. The molecule has 1 rings (SSSR count). The summed E-state index contributed by atoms with van der Waals surface area (Å²) in [6, 6.07) is 5.10. The summed E-state index contributed by atoms with van der Waals surface area (Å²) < 4.78 is 79.2. The fourth-order valence-electron chi connectivity index (χ4n) is 1.23. The number of hydrogen-bond donors (Lipinski definition) is 1. The summed E-state index contributed by atoms with van der Waals surface area (Å²) >= 11 is 0. The van der Waals surface area contributed by atoms with Crippen LogP contribution < -0.4 is 4.74 Å². The Morgan fingerprint density at radius 3 is 1.68 bits per heavy atom. The summed E-state index contributed by atoms with van der Waals surface area (Å²) in [6.07, 6.45) is -12.3. The van der Waals surface area contributed by atoms with E-state index in [2.05, 4.69) is 4.74 Å². The fraction of sp³-hybridized carbons (Fsp3) is 0.300. The monoisotopic (exact) mass is 288 g/mol. The SMILES string of the molecule is O=C(O)C(Oc1ccccc1)(C(F)(F)F)C(F)(F)F. The molecule has 0 aliphatic heterocycles. The van der Waals surface area contributed by atoms with Gasteiger partial charge in [-0.1, -0.05) is 18.2 Å². The maximum absolute atomic E-state index is 12.6. The number of aliphatic carboxylic acids is 1. The molecule has 0 aliphatic carbocycles. The van der Waals surface area contributed by atoms with Crippen LogP contribution in [0.25, 0.3) is 0 Å². The average molecular weight is 288 g/mol. The fourth-order valence-corrected chi connectivity index (χ4v) is 1.23. The Morgan fingerprint density at radius 1 is 0.947 bits per heavy atom. The van der Waals surface area contributed by atoms with Crippen molar-refractivity contribution in [2.45, 2.75) is 18.0 Å². The van der Waals surface area contributed by atoms with Crippen LogP contribution in [0.5, 0.6) is 5.75 Å². The van der Waals surface area contributed by atoms with Gasteiger partial charge in [-0.3, -0.25) is 0 Å². The maximum atomic E-state index is 12.6. The van der Waals surface area contributed by atoms with Gasteiger partial charge >= 0.3 is 23.9 Å².